The molecule has 0 bridgehead atoms. The molecule has 1 aromatic carbocycles. The molecule has 1 rings (SSSR count). The van der Waals surface area contributed by atoms with Crippen molar-refractivity contribution in [3.05, 3.63) is 27.7 Å². The van der Waals surface area contributed by atoms with Gasteiger partial charge < -0.3 is 9.84 Å². The van der Waals surface area contributed by atoms with Crippen molar-refractivity contribution >= 4 is 21.9 Å². The third-order valence-corrected chi connectivity index (χ3v) is 2.21. The molecule has 4 nitrogen and oxygen atoms in total. The van der Waals surface area contributed by atoms with Crippen molar-refractivity contribution in [3.8, 4) is 11.8 Å². The third kappa shape index (κ3) is 1.86. The average molecular weight is 256 g/mol. The van der Waals surface area contributed by atoms with E-state index in [1.54, 1.807) is 6.07 Å². The molecule has 0 saturated carbocycles. The largest absolute Gasteiger partial charge is 0.505 e. The molecule has 0 saturated heterocycles. The molecule has 0 fully saturated rings. The first kappa shape index (κ1) is 10.5. The van der Waals surface area contributed by atoms with Crippen LogP contribution in [0.4, 0.5) is 0 Å². The maximum atomic E-state index is 11.1. The van der Waals surface area contributed by atoms with E-state index in [0.717, 1.165) is 0 Å². The maximum Gasteiger partial charge on any atom is 0.337 e. The van der Waals surface area contributed by atoms with Crippen molar-refractivity contribution in [2.75, 3.05) is 7.11 Å². The van der Waals surface area contributed by atoms with Gasteiger partial charge in [0.25, 0.3) is 0 Å². The predicted octanol–water partition coefficient (Wildman–Crippen LogP) is 1.81. The van der Waals surface area contributed by atoms with Crippen molar-refractivity contribution in [2.45, 2.75) is 0 Å². The lowest BCUT2D eigenvalue weighted by Crippen LogP contribution is -2.01. The number of esters is 1. The normalized spacial score (nSPS) is 9.21. The van der Waals surface area contributed by atoms with Crippen molar-refractivity contribution in [3.63, 3.8) is 0 Å². The Balaban J connectivity index is 3.32. The number of phenolic OH excluding ortho intramolecular Hbond substituents is 1. The fourth-order valence-electron chi connectivity index (χ4n) is 0.920. The van der Waals surface area contributed by atoms with Crippen molar-refractivity contribution in [2.24, 2.45) is 0 Å². The van der Waals surface area contributed by atoms with Gasteiger partial charge in [-0.3, -0.25) is 0 Å². The summed E-state index contributed by atoms with van der Waals surface area (Å²) in [7, 11) is 1.25. The monoisotopic (exact) mass is 255 g/mol. The second kappa shape index (κ2) is 4.11. The Bertz CT molecular complexity index is 423. The number of phenols is 1. The number of nitriles is 1. The predicted molar refractivity (Wildman–Crippen MR) is 51.9 cm³/mol. The Hall–Kier alpha value is -1.54. The van der Waals surface area contributed by atoms with Crippen LogP contribution in [0, 0.1) is 11.3 Å². The number of ether oxygens (including phenoxy) is 1. The lowest BCUT2D eigenvalue weighted by molar-refractivity contribution is 0.0600. The topological polar surface area (TPSA) is 70.3 Å². The number of carbonyl (C=O) groups excluding carboxylic acids is 1. The highest BCUT2D eigenvalue weighted by atomic mass is 79.9. The van der Waals surface area contributed by atoms with Gasteiger partial charge in [0.2, 0.25) is 0 Å². The Morgan fingerprint density at radius 3 is 2.79 bits per heavy atom. The fourth-order valence-corrected chi connectivity index (χ4v) is 1.38. The van der Waals surface area contributed by atoms with Gasteiger partial charge >= 0.3 is 5.97 Å². The number of carbonyl (C=O) groups is 1. The molecule has 0 heterocycles. The fraction of sp³-hybridized carbons (Fsp3) is 0.111. The van der Waals surface area contributed by atoms with E-state index in [4.69, 9.17) is 5.26 Å². The number of aromatic hydroxyl groups is 1. The summed E-state index contributed by atoms with van der Waals surface area (Å²) in [6, 6.07) is 4.43. The van der Waals surface area contributed by atoms with Gasteiger partial charge in [-0.05, 0) is 28.1 Å². The summed E-state index contributed by atoms with van der Waals surface area (Å²) in [5, 5.41) is 18.0. The molecule has 0 radical (unpaired) electrons. The molecule has 72 valence electrons. The van der Waals surface area contributed by atoms with Crippen LogP contribution in [0.25, 0.3) is 0 Å². The number of nitrogens with zero attached hydrogens (tertiary/aromatic N) is 1. The van der Waals surface area contributed by atoms with Crippen LogP contribution in [0.1, 0.15) is 15.9 Å². The van der Waals surface area contributed by atoms with Crippen LogP contribution in [0.3, 0.4) is 0 Å². The molecule has 1 N–H and O–H groups in total. The first-order chi connectivity index (χ1) is 6.60. The summed E-state index contributed by atoms with van der Waals surface area (Å²) in [6.45, 7) is 0. The van der Waals surface area contributed by atoms with Crippen LogP contribution < -0.4 is 0 Å². The lowest BCUT2D eigenvalue weighted by atomic mass is 10.1. The number of methoxy groups -OCH3 is 1. The van der Waals surface area contributed by atoms with Crippen molar-refractivity contribution in [1.29, 1.82) is 5.26 Å². The molecule has 0 spiro atoms. The van der Waals surface area contributed by atoms with Crippen LogP contribution in [-0.2, 0) is 4.74 Å². The van der Waals surface area contributed by atoms with Crippen LogP contribution in [0.5, 0.6) is 5.75 Å². The third-order valence-electron chi connectivity index (χ3n) is 1.60. The first-order valence-corrected chi connectivity index (χ1v) is 4.40. The van der Waals surface area contributed by atoms with E-state index in [1.165, 1.54) is 19.2 Å². The second-order valence-corrected chi connectivity index (χ2v) is 3.31. The molecule has 0 amide bonds. The highest BCUT2D eigenvalue weighted by Crippen LogP contribution is 2.29. The molecule has 0 aromatic heterocycles. The molecule has 0 unspecified atom stereocenters. The number of halogens is 1. The van der Waals surface area contributed by atoms with Gasteiger partial charge in [0.1, 0.15) is 11.8 Å². The molecule has 0 aliphatic heterocycles. The van der Waals surface area contributed by atoms with Crippen molar-refractivity contribution < 1.29 is 14.6 Å². The zero-order valence-corrected chi connectivity index (χ0v) is 8.83. The Labute approximate surface area is 88.9 Å². The number of rotatable bonds is 1. The van der Waals surface area contributed by atoms with Gasteiger partial charge in [0, 0.05) is 0 Å². The minimum absolute atomic E-state index is 0.0276. The number of hydrogen-bond donors (Lipinski definition) is 1. The van der Waals surface area contributed by atoms with Crippen molar-refractivity contribution in [1.82, 2.24) is 0 Å². The van der Waals surface area contributed by atoms with Gasteiger partial charge in [0.15, 0.2) is 0 Å². The van der Waals surface area contributed by atoms with Crippen LogP contribution in [0.15, 0.2) is 16.6 Å². The summed E-state index contributed by atoms with van der Waals surface area (Å²) in [5.74, 6) is -0.734. The minimum Gasteiger partial charge on any atom is -0.505 e. The summed E-state index contributed by atoms with van der Waals surface area (Å²) in [6.07, 6.45) is 0. The summed E-state index contributed by atoms with van der Waals surface area (Å²) < 4.78 is 4.77. The Morgan fingerprint density at radius 2 is 2.29 bits per heavy atom. The molecule has 5 heteroatoms. The van der Waals surface area contributed by atoms with E-state index in [-0.39, 0.29) is 21.3 Å². The number of benzene rings is 1. The molecule has 14 heavy (non-hydrogen) atoms. The van der Waals surface area contributed by atoms with Gasteiger partial charge in [-0.2, -0.15) is 5.26 Å². The summed E-state index contributed by atoms with van der Waals surface area (Å²) in [4.78, 5) is 11.1. The lowest BCUT2D eigenvalue weighted by Gasteiger charge is -2.03. The minimum atomic E-state index is -0.554. The van der Waals surface area contributed by atoms with Gasteiger partial charge in [-0.15, -0.1) is 0 Å². The molecular weight excluding hydrogens is 250 g/mol. The standard InChI is InChI=1S/C9H6BrNO3/c1-14-9(13)5-2-6(4-11)8(12)7(10)3-5/h2-3,12H,1H3. The Morgan fingerprint density at radius 1 is 1.64 bits per heavy atom. The zero-order valence-electron chi connectivity index (χ0n) is 7.24. The van der Waals surface area contributed by atoms with E-state index in [1.807, 2.05) is 0 Å². The second-order valence-electron chi connectivity index (χ2n) is 2.46. The van der Waals surface area contributed by atoms with Crippen LogP contribution >= 0.6 is 15.9 Å². The Kier molecular flexibility index (Phi) is 3.10. The molecule has 1 aromatic rings. The van der Waals surface area contributed by atoms with Crippen LogP contribution in [-0.4, -0.2) is 18.2 Å². The van der Waals surface area contributed by atoms with E-state index < -0.39 is 5.97 Å². The molecule has 0 aliphatic carbocycles. The quantitative estimate of drug-likeness (QED) is 0.778. The molecular formula is C9H6BrNO3. The maximum absolute atomic E-state index is 11.1. The smallest absolute Gasteiger partial charge is 0.337 e. The summed E-state index contributed by atoms with van der Waals surface area (Å²) in [5.41, 5.74) is 0.244. The highest BCUT2D eigenvalue weighted by Gasteiger charge is 2.12. The van der Waals surface area contributed by atoms with E-state index in [2.05, 4.69) is 20.7 Å². The number of hydrogen-bond acceptors (Lipinski definition) is 4. The SMILES string of the molecule is COC(=O)c1cc(Br)c(O)c(C#N)c1. The van der Waals surface area contributed by atoms with E-state index in [0.29, 0.717) is 0 Å². The van der Waals surface area contributed by atoms with E-state index >= 15 is 0 Å². The van der Waals surface area contributed by atoms with Gasteiger partial charge in [-0.1, -0.05) is 0 Å². The summed E-state index contributed by atoms with van der Waals surface area (Å²) >= 11 is 3.03. The highest BCUT2D eigenvalue weighted by molar-refractivity contribution is 9.10. The molecule has 0 aliphatic rings. The van der Waals surface area contributed by atoms with E-state index in [9.17, 15) is 9.90 Å². The molecule has 0 atom stereocenters. The van der Waals surface area contributed by atoms with Crippen LogP contribution in [0.2, 0.25) is 0 Å². The average Bonchev–Trinajstić information content (AvgIpc) is 2.20. The zero-order chi connectivity index (χ0) is 10.7. The van der Waals surface area contributed by atoms with Gasteiger partial charge in [0.05, 0.1) is 22.7 Å². The first-order valence-electron chi connectivity index (χ1n) is 3.61. The van der Waals surface area contributed by atoms with Gasteiger partial charge in [-0.25, -0.2) is 4.79 Å².